The number of aromatic nitrogens is 3. The van der Waals surface area contributed by atoms with Crippen LogP contribution in [0.1, 0.15) is 39.1 Å². The summed E-state index contributed by atoms with van der Waals surface area (Å²) >= 11 is 0. The van der Waals surface area contributed by atoms with E-state index in [0.29, 0.717) is 0 Å². The topological polar surface area (TPSA) is 47.9 Å². The third kappa shape index (κ3) is 1.13. The summed E-state index contributed by atoms with van der Waals surface area (Å²) in [6.07, 6.45) is 1.46. The minimum Gasteiger partial charge on any atom is -0.357 e. The van der Waals surface area contributed by atoms with Gasteiger partial charge in [0.25, 0.3) is 0 Å². The van der Waals surface area contributed by atoms with E-state index in [1.54, 1.807) is 0 Å². The van der Waals surface area contributed by atoms with Gasteiger partial charge >= 0.3 is 0 Å². The smallest absolute Gasteiger partial charge is 0.138 e. The number of rotatable bonds is 0. The minimum atomic E-state index is -0.375. The lowest BCUT2D eigenvalue weighted by Gasteiger charge is -2.23. The van der Waals surface area contributed by atoms with Gasteiger partial charge in [-0.25, -0.2) is 4.98 Å². The number of fused-ring (bicyclic) bond motifs is 1. The lowest BCUT2D eigenvalue weighted by atomic mass is 10.0. The maximum Gasteiger partial charge on any atom is 0.138 e. The minimum absolute atomic E-state index is 0.352. The summed E-state index contributed by atoms with van der Waals surface area (Å²) in [4.78, 5) is 4.21. The zero-order valence-corrected chi connectivity index (χ0v) is 8.33. The van der Waals surface area contributed by atoms with Crippen molar-refractivity contribution in [1.82, 2.24) is 15.2 Å². The maximum absolute atomic E-state index is 5.84. The third-order valence-electron chi connectivity index (χ3n) is 2.27. The molecule has 70 valence electrons. The van der Waals surface area contributed by atoms with Crippen molar-refractivity contribution in [3.63, 3.8) is 0 Å². The molecule has 0 aliphatic carbocycles. The molecule has 0 N–H and O–H groups in total. The second-order valence-electron chi connectivity index (χ2n) is 4.28. The van der Waals surface area contributed by atoms with Gasteiger partial charge in [-0.2, -0.15) is 0 Å². The van der Waals surface area contributed by atoms with Crippen molar-refractivity contribution < 1.29 is 4.74 Å². The highest BCUT2D eigenvalue weighted by Crippen LogP contribution is 2.43. The lowest BCUT2D eigenvalue weighted by Crippen LogP contribution is -2.23. The van der Waals surface area contributed by atoms with Gasteiger partial charge in [0.1, 0.15) is 23.2 Å². The van der Waals surface area contributed by atoms with E-state index < -0.39 is 0 Å². The second-order valence-corrected chi connectivity index (χ2v) is 4.28. The van der Waals surface area contributed by atoms with Crippen molar-refractivity contribution in [3.05, 3.63) is 17.7 Å². The van der Waals surface area contributed by atoms with Crippen LogP contribution in [0.3, 0.4) is 0 Å². The van der Waals surface area contributed by atoms with Crippen LogP contribution in [0.5, 0.6) is 0 Å². The Morgan fingerprint density at radius 2 is 1.69 bits per heavy atom. The monoisotopic (exact) mass is 179 g/mol. The van der Waals surface area contributed by atoms with Crippen LogP contribution in [-0.2, 0) is 15.9 Å². The van der Waals surface area contributed by atoms with E-state index in [0.717, 1.165) is 11.4 Å². The van der Waals surface area contributed by atoms with Gasteiger partial charge in [-0.15, -0.1) is 10.2 Å². The largest absolute Gasteiger partial charge is 0.357 e. The molecular weight excluding hydrogens is 166 g/mol. The normalized spacial score (nSPS) is 22.8. The molecule has 0 fully saturated rings. The molecule has 0 unspecified atom stereocenters. The molecule has 0 radical (unpaired) electrons. The number of hydrogen-bond donors (Lipinski definition) is 0. The van der Waals surface area contributed by atoms with E-state index in [4.69, 9.17) is 4.74 Å². The highest BCUT2D eigenvalue weighted by molar-refractivity contribution is 5.26. The molecule has 1 aromatic heterocycles. The van der Waals surface area contributed by atoms with Crippen molar-refractivity contribution in [2.45, 2.75) is 38.9 Å². The summed E-state index contributed by atoms with van der Waals surface area (Å²) in [5.41, 5.74) is 1.02. The van der Waals surface area contributed by atoms with Crippen LogP contribution in [0.4, 0.5) is 0 Å². The number of hydrogen-bond acceptors (Lipinski definition) is 4. The first-order valence-corrected chi connectivity index (χ1v) is 4.32. The first-order valence-electron chi connectivity index (χ1n) is 4.32. The Morgan fingerprint density at radius 1 is 1.08 bits per heavy atom. The fourth-order valence-corrected chi connectivity index (χ4v) is 1.86. The fraction of sp³-hybridized carbons (Fsp3) is 0.667. The lowest BCUT2D eigenvalue weighted by molar-refractivity contribution is -0.107. The van der Waals surface area contributed by atoms with E-state index in [1.807, 2.05) is 27.7 Å². The van der Waals surface area contributed by atoms with Gasteiger partial charge in [0.15, 0.2) is 0 Å². The van der Waals surface area contributed by atoms with E-state index >= 15 is 0 Å². The molecule has 0 aromatic carbocycles. The standard InChI is InChI=1S/C9H13N3O/c1-8(2)6-7(9(3,4)13-8)12-11-5-10-6/h5H,1-4H3. The number of nitrogens with zero attached hydrogens (tertiary/aromatic N) is 3. The van der Waals surface area contributed by atoms with Gasteiger partial charge in [0.2, 0.25) is 0 Å². The summed E-state index contributed by atoms with van der Waals surface area (Å²) in [6, 6.07) is 0. The van der Waals surface area contributed by atoms with Crippen molar-refractivity contribution >= 4 is 0 Å². The second kappa shape index (κ2) is 2.26. The zero-order valence-electron chi connectivity index (χ0n) is 8.33. The molecule has 0 saturated heterocycles. The zero-order chi connectivity index (χ0) is 9.69. The Balaban J connectivity index is 2.64. The molecular formula is C9H13N3O. The van der Waals surface area contributed by atoms with Crippen LogP contribution in [0.15, 0.2) is 6.33 Å². The molecule has 0 saturated carbocycles. The van der Waals surface area contributed by atoms with Gasteiger partial charge in [0, 0.05) is 0 Å². The summed E-state index contributed by atoms with van der Waals surface area (Å²) in [7, 11) is 0. The first kappa shape index (κ1) is 8.56. The molecule has 0 bridgehead atoms. The van der Waals surface area contributed by atoms with Crippen LogP contribution in [0.2, 0.25) is 0 Å². The Kier molecular flexibility index (Phi) is 1.49. The highest BCUT2D eigenvalue weighted by atomic mass is 16.5. The Bertz CT molecular complexity index is 313. The molecule has 4 nitrogen and oxygen atoms in total. The molecule has 0 spiro atoms. The Morgan fingerprint density at radius 3 is 2.31 bits per heavy atom. The summed E-state index contributed by atoms with van der Waals surface area (Å²) < 4.78 is 5.84. The Labute approximate surface area is 77.4 Å². The van der Waals surface area contributed by atoms with Crippen LogP contribution < -0.4 is 0 Å². The molecule has 4 heteroatoms. The predicted molar refractivity (Wildman–Crippen MR) is 47.0 cm³/mol. The van der Waals surface area contributed by atoms with E-state index in [9.17, 15) is 0 Å². The maximum atomic E-state index is 5.84. The van der Waals surface area contributed by atoms with Gasteiger partial charge in [-0.3, -0.25) is 0 Å². The fourth-order valence-electron chi connectivity index (χ4n) is 1.86. The summed E-state index contributed by atoms with van der Waals surface area (Å²) in [5, 5.41) is 7.85. The molecule has 1 aliphatic heterocycles. The van der Waals surface area contributed by atoms with Crippen LogP contribution in [0, 0.1) is 0 Å². The molecule has 0 amide bonds. The van der Waals surface area contributed by atoms with Gasteiger partial charge in [-0.05, 0) is 27.7 Å². The quantitative estimate of drug-likeness (QED) is 0.603. The van der Waals surface area contributed by atoms with Crippen LogP contribution >= 0.6 is 0 Å². The Hall–Kier alpha value is -1.03. The van der Waals surface area contributed by atoms with Crippen molar-refractivity contribution in [1.29, 1.82) is 0 Å². The van der Waals surface area contributed by atoms with E-state index in [-0.39, 0.29) is 11.2 Å². The molecule has 2 rings (SSSR count). The summed E-state index contributed by atoms with van der Waals surface area (Å²) in [6.45, 7) is 7.96. The van der Waals surface area contributed by atoms with E-state index in [2.05, 4.69) is 15.2 Å². The number of ether oxygens (including phenoxy) is 1. The predicted octanol–water partition coefficient (Wildman–Crippen LogP) is 1.37. The van der Waals surface area contributed by atoms with E-state index in [1.165, 1.54) is 6.33 Å². The average molecular weight is 179 g/mol. The first-order chi connectivity index (χ1) is 5.93. The van der Waals surface area contributed by atoms with Crippen molar-refractivity contribution in [3.8, 4) is 0 Å². The SMILES string of the molecule is CC1(C)OC(C)(C)c2nncnc21. The molecule has 2 heterocycles. The van der Waals surface area contributed by atoms with Crippen LogP contribution in [-0.4, -0.2) is 15.2 Å². The van der Waals surface area contributed by atoms with Crippen LogP contribution in [0.25, 0.3) is 0 Å². The average Bonchev–Trinajstić information content (AvgIpc) is 2.20. The van der Waals surface area contributed by atoms with Gasteiger partial charge in [0.05, 0.1) is 5.69 Å². The van der Waals surface area contributed by atoms with Gasteiger partial charge in [-0.1, -0.05) is 0 Å². The molecule has 0 atom stereocenters. The third-order valence-corrected chi connectivity index (χ3v) is 2.27. The molecule has 1 aliphatic rings. The van der Waals surface area contributed by atoms with Gasteiger partial charge < -0.3 is 4.74 Å². The molecule has 1 aromatic rings. The highest BCUT2D eigenvalue weighted by Gasteiger charge is 2.45. The van der Waals surface area contributed by atoms with Crippen molar-refractivity contribution in [2.75, 3.05) is 0 Å². The van der Waals surface area contributed by atoms with Crippen molar-refractivity contribution in [2.24, 2.45) is 0 Å². The summed E-state index contributed by atoms with van der Waals surface area (Å²) in [5.74, 6) is 0. The molecule has 13 heavy (non-hydrogen) atoms.